The van der Waals surface area contributed by atoms with E-state index in [1.807, 2.05) is 0 Å². The molecule has 1 fully saturated rings. The van der Waals surface area contributed by atoms with E-state index in [1.165, 1.54) is 0 Å². The van der Waals surface area contributed by atoms with E-state index < -0.39 is 37.1 Å². The second-order valence-electron chi connectivity index (χ2n) is 3.64. The Balaban J connectivity index is 0.00000162. The van der Waals surface area contributed by atoms with Crippen molar-refractivity contribution in [1.29, 1.82) is 0 Å². The molecule has 0 spiro atoms. The maximum atomic E-state index is 10.8. The van der Waals surface area contributed by atoms with Crippen molar-refractivity contribution in [1.82, 2.24) is 14.8 Å². The first-order valence-corrected chi connectivity index (χ1v) is 4.88. The van der Waals surface area contributed by atoms with E-state index in [0.717, 1.165) is 11.0 Å². The van der Waals surface area contributed by atoms with Crippen LogP contribution < -0.4 is 5.73 Å². The second-order valence-corrected chi connectivity index (χ2v) is 3.64. The Morgan fingerprint density at radius 3 is 2.61 bits per heavy atom. The van der Waals surface area contributed by atoms with Gasteiger partial charge in [0.05, 0.1) is 6.61 Å². The number of carbonyl (C=O) groups excluding carboxylic acids is 1. The maximum absolute atomic E-state index is 10.8. The monoisotopic (exact) mass is 260 g/mol. The third-order valence-corrected chi connectivity index (χ3v) is 2.51. The predicted octanol–water partition coefficient (Wildman–Crippen LogP) is -2.38. The third kappa shape index (κ3) is 2.34. The van der Waals surface area contributed by atoms with Crippen molar-refractivity contribution >= 4 is 5.91 Å². The fraction of sp³-hybridized carbons (Fsp3) is 0.667. The molecule has 1 aliphatic heterocycles. The minimum atomic E-state index is -1.27. The Morgan fingerprint density at radius 1 is 1.50 bits per heavy atom. The number of nitrogens with zero attached hydrogens (tertiary/aromatic N) is 3. The average Bonchev–Trinajstić information content (AvgIpc) is 2.87. The topological polar surface area (TPSA) is 144 Å². The van der Waals surface area contributed by atoms with Crippen molar-refractivity contribution in [3.63, 3.8) is 0 Å². The number of ether oxygens (including phenoxy) is 1. The Kier molecular flexibility index (Phi) is 4.35. The lowest BCUT2D eigenvalue weighted by Gasteiger charge is -2.13. The van der Waals surface area contributed by atoms with Gasteiger partial charge >= 0.3 is 0 Å². The van der Waals surface area contributed by atoms with Crippen molar-refractivity contribution in [3.05, 3.63) is 12.2 Å². The number of aliphatic hydroxyl groups excluding tert-OH is 3. The molecule has 18 heavy (non-hydrogen) atoms. The van der Waals surface area contributed by atoms with Gasteiger partial charge in [-0.05, 0) is 0 Å². The number of nitrogens with two attached hydrogens (primary N) is 1. The smallest absolute Gasteiger partial charge is 0.288 e. The summed E-state index contributed by atoms with van der Waals surface area (Å²) in [6.07, 6.45) is -3.26. The van der Waals surface area contributed by atoms with Gasteiger partial charge < -0.3 is 25.8 Å². The van der Waals surface area contributed by atoms with Crippen LogP contribution in [-0.2, 0) is 4.74 Å². The van der Waals surface area contributed by atoms with E-state index in [2.05, 4.69) is 10.1 Å². The zero-order chi connectivity index (χ0) is 12.6. The Hall–Kier alpha value is -1.55. The molecule has 1 saturated heterocycles. The highest BCUT2D eigenvalue weighted by Gasteiger charge is 2.43. The van der Waals surface area contributed by atoms with Crippen LogP contribution in [-0.4, -0.2) is 60.9 Å². The lowest BCUT2D eigenvalue weighted by molar-refractivity contribution is -0.0588. The number of hydrogen-bond donors (Lipinski definition) is 4. The minimum absolute atomic E-state index is 0. The summed E-state index contributed by atoms with van der Waals surface area (Å²) in [4.78, 5) is 14.4. The molecule has 1 amide bonds. The summed E-state index contributed by atoms with van der Waals surface area (Å²) >= 11 is 0. The van der Waals surface area contributed by atoms with Crippen LogP contribution in [0.5, 0.6) is 0 Å². The molecule has 0 saturated carbocycles. The normalized spacial score (nSPS) is 31.1. The molecule has 9 heteroatoms. The summed E-state index contributed by atoms with van der Waals surface area (Å²) < 4.78 is 6.25. The highest BCUT2D eigenvalue weighted by atomic mass is 16.6. The van der Waals surface area contributed by atoms with Gasteiger partial charge in [-0.15, -0.1) is 5.10 Å². The molecule has 1 aliphatic rings. The molecule has 2 unspecified atom stereocenters. The number of hydrogen-bond acceptors (Lipinski definition) is 7. The summed E-state index contributed by atoms with van der Waals surface area (Å²) in [5.41, 5.74) is 4.97. The predicted molar refractivity (Wildman–Crippen MR) is 58.3 cm³/mol. The van der Waals surface area contributed by atoms with Gasteiger partial charge in [0.15, 0.2) is 6.23 Å². The first kappa shape index (κ1) is 14.5. The molecule has 0 radical (unpaired) electrons. The molecule has 1 aromatic heterocycles. The van der Waals surface area contributed by atoms with E-state index in [9.17, 15) is 15.0 Å². The van der Waals surface area contributed by atoms with E-state index in [1.54, 1.807) is 0 Å². The molecule has 0 aromatic carbocycles. The molecule has 2 rings (SSSR count). The Labute approximate surface area is 103 Å². The Bertz CT molecular complexity index is 423. The van der Waals surface area contributed by atoms with Crippen LogP contribution in [0.2, 0.25) is 0 Å². The summed E-state index contributed by atoms with van der Waals surface area (Å²) in [6.45, 7) is -0.438. The van der Waals surface area contributed by atoms with Gasteiger partial charge in [0.2, 0.25) is 5.82 Å². The fourth-order valence-electron chi connectivity index (χ4n) is 1.61. The standard InChI is InChI=1S/C8H12N4O5.CH4/c9-6(16)7-10-2-12(11-7)8-5(15)4(14)3(1-13)17-8;/h2-5,8,13-15H,1H2,(H2,9,16);1H4/t3?,4-,5-,8?;/m0./s1. The molecular weight excluding hydrogens is 244 g/mol. The van der Waals surface area contributed by atoms with Gasteiger partial charge in [0, 0.05) is 0 Å². The SMILES string of the molecule is C.NC(=O)c1ncn(C2OC(CO)[C@H](O)[C@@H]2O)n1. The van der Waals surface area contributed by atoms with Crippen LogP contribution in [0.3, 0.4) is 0 Å². The summed E-state index contributed by atoms with van der Waals surface area (Å²) in [6, 6.07) is 0. The van der Waals surface area contributed by atoms with Crippen LogP contribution in [0.15, 0.2) is 6.33 Å². The van der Waals surface area contributed by atoms with Crippen molar-refractivity contribution in [3.8, 4) is 0 Å². The second kappa shape index (κ2) is 5.40. The first-order valence-electron chi connectivity index (χ1n) is 4.88. The van der Waals surface area contributed by atoms with Gasteiger partial charge in [0.1, 0.15) is 24.6 Å². The molecule has 9 nitrogen and oxygen atoms in total. The molecule has 102 valence electrons. The first-order chi connectivity index (χ1) is 8.04. The van der Waals surface area contributed by atoms with Crippen molar-refractivity contribution < 1.29 is 24.9 Å². The van der Waals surface area contributed by atoms with Gasteiger partial charge in [-0.2, -0.15) is 0 Å². The summed E-state index contributed by atoms with van der Waals surface area (Å²) in [7, 11) is 0. The summed E-state index contributed by atoms with van der Waals surface area (Å²) in [5.74, 6) is -1.03. The van der Waals surface area contributed by atoms with Crippen molar-refractivity contribution in [2.75, 3.05) is 6.61 Å². The highest BCUT2D eigenvalue weighted by Crippen LogP contribution is 2.28. The average molecular weight is 260 g/mol. The fourth-order valence-corrected chi connectivity index (χ4v) is 1.61. The van der Waals surface area contributed by atoms with Crippen LogP contribution >= 0.6 is 0 Å². The zero-order valence-electron chi connectivity index (χ0n) is 8.67. The zero-order valence-corrected chi connectivity index (χ0v) is 8.67. The molecule has 2 heterocycles. The van der Waals surface area contributed by atoms with Crippen LogP contribution in [0.1, 0.15) is 24.3 Å². The van der Waals surface area contributed by atoms with E-state index in [4.69, 9.17) is 15.6 Å². The van der Waals surface area contributed by atoms with E-state index in [0.29, 0.717) is 0 Å². The van der Waals surface area contributed by atoms with Gasteiger partial charge in [0.25, 0.3) is 5.91 Å². The molecule has 5 N–H and O–H groups in total. The van der Waals surface area contributed by atoms with Gasteiger partial charge in [-0.1, -0.05) is 7.43 Å². The molecule has 0 aliphatic carbocycles. The highest BCUT2D eigenvalue weighted by molar-refractivity contribution is 5.88. The Morgan fingerprint density at radius 2 is 2.17 bits per heavy atom. The third-order valence-electron chi connectivity index (χ3n) is 2.51. The molecule has 1 aromatic rings. The van der Waals surface area contributed by atoms with Crippen molar-refractivity contribution in [2.45, 2.75) is 32.0 Å². The summed E-state index contributed by atoms with van der Waals surface area (Å²) in [5, 5.41) is 31.8. The van der Waals surface area contributed by atoms with Crippen molar-refractivity contribution in [2.24, 2.45) is 5.73 Å². The molecule has 4 atom stereocenters. The number of amides is 1. The van der Waals surface area contributed by atoms with Crippen LogP contribution in [0, 0.1) is 0 Å². The molecular formula is C9H16N4O5. The number of aliphatic hydroxyl groups is 3. The number of carbonyl (C=O) groups is 1. The maximum Gasteiger partial charge on any atom is 0.288 e. The number of aromatic nitrogens is 3. The number of rotatable bonds is 3. The van der Waals surface area contributed by atoms with Crippen LogP contribution in [0.4, 0.5) is 0 Å². The van der Waals surface area contributed by atoms with E-state index in [-0.39, 0.29) is 13.3 Å². The molecule has 0 bridgehead atoms. The van der Waals surface area contributed by atoms with Gasteiger partial charge in [-0.3, -0.25) is 4.79 Å². The number of primary amides is 1. The quantitative estimate of drug-likeness (QED) is 0.475. The lowest BCUT2D eigenvalue weighted by atomic mass is 10.1. The largest absolute Gasteiger partial charge is 0.394 e. The van der Waals surface area contributed by atoms with Gasteiger partial charge in [-0.25, -0.2) is 9.67 Å². The minimum Gasteiger partial charge on any atom is -0.394 e. The lowest BCUT2D eigenvalue weighted by Crippen LogP contribution is -2.33. The van der Waals surface area contributed by atoms with Crippen LogP contribution in [0.25, 0.3) is 0 Å². The van der Waals surface area contributed by atoms with E-state index >= 15 is 0 Å².